The Morgan fingerprint density at radius 1 is 0.512 bits per heavy atom. The Morgan fingerprint density at radius 2 is 0.837 bits per heavy atom. The third kappa shape index (κ3) is 24.8. The van der Waals surface area contributed by atoms with Crippen LogP contribution in [0.15, 0.2) is 0 Å². The van der Waals surface area contributed by atoms with E-state index in [0.717, 1.165) is 46.3 Å². The van der Waals surface area contributed by atoms with Crippen LogP contribution in [0.25, 0.3) is 0 Å². The Hall–Kier alpha value is -0.0800. The van der Waals surface area contributed by atoms with E-state index in [1.165, 1.54) is 89.9 Å². The lowest BCUT2D eigenvalue weighted by Gasteiger charge is -2.43. The molecule has 0 saturated heterocycles. The summed E-state index contributed by atoms with van der Waals surface area (Å²) in [5.41, 5.74) is -1.04. The summed E-state index contributed by atoms with van der Waals surface area (Å²) in [5, 5.41) is 26.2. The minimum Gasteiger partial charge on any atom is -0.400 e. The molecular formula is C36H74O5S2. The molecule has 4 atom stereocenters. The second-order valence-corrected chi connectivity index (χ2v) is 13.5. The van der Waals surface area contributed by atoms with Gasteiger partial charge in [-0.25, -0.2) is 0 Å². The molecule has 0 bridgehead atoms. The maximum absolute atomic E-state index is 12.5. The average Bonchev–Trinajstić information content (AvgIpc) is 2.99. The molecule has 0 aliphatic heterocycles. The van der Waals surface area contributed by atoms with Crippen LogP contribution in [0.1, 0.15) is 176 Å². The third-order valence-electron chi connectivity index (χ3n) is 9.12. The van der Waals surface area contributed by atoms with Crippen LogP contribution >= 0.6 is 25.3 Å². The molecule has 3 N–H and O–H groups in total. The number of hydrogen-bond acceptors (Lipinski definition) is 5. The minimum absolute atomic E-state index is 0.151. The Bertz CT molecular complexity index is 570. The molecule has 0 aromatic heterocycles. The van der Waals surface area contributed by atoms with E-state index >= 15 is 0 Å². The third-order valence-corrected chi connectivity index (χ3v) is 9.48. The van der Waals surface area contributed by atoms with Gasteiger partial charge in [-0.15, -0.1) is 25.3 Å². The molecule has 5 nitrogen and oxygen atoms in total. The van der Waals surface area contributed by atoms with Gasteiger partial charge < -0.3 is 15.3 Å². The molecule has 0 aliphatic carbocycles. The zero-order chi connectivity index (χ0) is 33.5. The van der Waals surface area contributed by atoms with Crippen molar-refractivity contribution in [1.29, 1.82) is 0 Å². The molecule has 0 amide bonds. The molecule has 0 heterocycles. The normalized spacial score (nSPS) is 15.2. The van der Waals surface area contributed by atoms with Crippen molar-refractivity contribution in [3.63, 3.8) is 0 Å². The summed E-state index contributed by atoms with van der Waals surface area (Å²) in [6.07, 6.45) is 23.0. The summed E-state index contributed by atoms with van der Waals surface area (Å²) < 4.78 is 0. The maximum Gasteiger partial charge on any atom is 0.186 e. The monoisotopic (exact) mass is 650 g/mol. The van der Waals surface area contributed by atoms with E-state index in [2.05, 4.69) is 59.9 Å². The Morgan fingerprint density at radius 3 is 1.12 bits per heavy atom. The first kappa shape index (κ1) is 47.3. The van der Waals surface area contributed by atoms with Crippen molar-refractivity contribution in [3.8, 4) is 0 Å². The van der Waals surface area contributed by atoms with Gasteiger partial charge in [0.25, 0.3) is 0 Å². The number of unbranched alkanes of at least 4 members (excludes halogenated alkanes) is 6. The molecular weight excluding hydrogens is 577 g/mol. The van der Waals surface area contributed by atoms with Crippen LogP contribution in [0.3, 0.4) is 0 Å². The van der Waals surface area contributed by atoms with Crippen molar-refractivity contribution in [2.24, 2.45) is 23.7 Å². The molecule has 0 aliphatic rings. The number of thiol groups is 2. The number of carbonyl (C=O) groups is 2. The lowest BCUT2D eigenvalue weighted by molar-refractivity contribution is -0.125. The van der Waals surface area contributed by atoms with Gasteiger partial charge in [-0.1, -0.05) is 144 Å². The minimum atomic E-state index is -1.04. The summed E-state index contributed by atoms with van der Waals surface area (Å²) in [6.45, 7) is 11.1. The van der Waals surface area contributed by atoms with Crippen molar-refractivity contribution >= 4 is 35.5 Å². The summed E-state index contributed by atoms with van der Waals surface area (Å²) in [6, 6.07) is 0. The maximum atomic E-state index is 12.5. The van der Waals surface area contributed by atoms with Crippen LogP contribution in [0.4, 0.5) is 0 Å². The Labute approximate surface area is 279 Å². The van der Waals surface area contributed by atoms with Gasteiger partial charge in [0.15, 0.2) is 10.2 Å². The quantitative estimate of drug-likeness (QED) is 0.0429. The zero-order valence-corrected chi connectivity index (χ0v) is 31.2. The SMILES string of the molecule is CCCCCC(CCCC)CCC(CC(=O)S)C(O)(CCC)C(CCC(CCCC)CCCCC)CC(=O)S.CO.CO. The number of rotatable bonds is 28. The highest BCUT2D eigenvalue weighted by molar-refractivity contribution is 7.96. The number of aliphatic hydroxyl groups excluding tert-OH is 2. The lowest BCUT2D eigenvalue weighted by Crippen LogP contribution is -2.47. The summed E-state index contributed by atoms with van der Waals surface area (Å²) in [4.78, 5) is 24.8. The van der Waals surface area contributed by atoms with Crippen molar-refractivity contribution in [3.05, 3.63) is 0 Å². The molecule has 4 unspecified atom stereocenters. The molecule has 7 heteroatoms. The van der Waals surface area contributed by atoms with E-state index in [1.807, 2.05) is 0 Å². The van der Waals surface area contributed by atoms with Gasteiger partial charge in [0.05, 0.1) is 5.60 Å². The molecule has 0 radical (unpaired) electrons. The van der Waals surface area contributed by atoms with E-state index in [0.29, 0.717) is 18.3 Å². The summed E-state index contributed by atoms with van der Waals surface area (Å²) >= 11 is 8.37. The van der Waals surface area contributed by atoms with Gasteiger partial charge in [-0.05, 0) is 42.9 Å². The van der Waals surface area contributed by atoms with Gasteiger partial charge >= 0.3 is 0 Å². The highest BCUT2D eigenvalue weighted by Crippen LogP contribution is 2.43. The van der Waals surface area contributed by atoms with Gasteiger partial charge in [-0.2, -0.15) is 0 Å². The standard InChI is InChI=1S/C34H66O3S2.2CH4O/c1-6-11-15-19-28(17-13-8-3)21-23-30(26-32(35)38)34(37,25-10-5)31(27-33(36)39)24-22-29(18-14-9-4)20-16-12-7-2;2*1-2/h28-31,37H,6-27H2,1-5H3,(H,35,38)(H,36,39);2*2H,1H3. The molecule has 0 spiro atoms. The Balaban J connectivity index is -0.00000382. The van der Waals surface area contributed by atoms with Crippen LogP contribution in [0, 0.1) is 23.7 Å². The first-order valence-corrected chi connectivity index (χ1v) is 18.6. The lowest BCUT2D eigenvalue weighted by atomic mass is 9.67. The van der Waals surface area contributed by atoms with Crippen molar-refractivity contribution in [2.45, 2.75) is 181 Å². The van der Waals surface area contributed by atoms with E-state index < -0.39 is 5.60 Å². The molecule has 43 heavy (non-hydrogen) atoms. The Kier molecular flexibility index (Phi) is 36.6. The van der Waals surface area contributed by atoms with Crippen LogP contribution in [0.2, 0.25) is 0 Å². The van der Waals surface area contributed by atoms with E-state index in [-0.39, 0.29) is 34.9 Å². The fraction of sp³-hybridized carbons (Fsp3) is 0.944. The first-order valence-electron chi connectivity index (χ1n) is 17.7. The zero-order valence-electron chi connectivity index (χ0n) is 29.4. The van der Waals surface area contributed by atoms with Gasteiger partial charge in [0.1, 0.15) is 0 Å². The molecule has 260 valence electrons. The smallest absolute Gasteiger partial charge is 0.186 e. The number of carbonyl (C=O) groups excluding carboxylic acids is 2. The van der Waals surface area contributed by atoms with Crippen LogP contribution in [-0.4, -0.2) is 45.4 Å². The largest absolute Gasteiger partial charge is 0.400 e. The molecule has 0 rings (SSSR count). The van der Waals surface area contributed by atoms with E-state index in [1.54, 1.807) is 0 Å². The molecule has 0 saturated carbocycles. The topological polar surface area (TPSA) is 94.8 Å². The van der Waals surface area contributed by atoms with Gasteiger partial charge in [0, 0.05) is 27.1 Å². The van der Waals surface area contributed by atoms with Gasteiger partial charge in [0.2, 0.25) is 0 Å². The summed E-state index contributed by atoms with van der Waals surface area (Å²) in [7, 11) is 2.00. The fourth-order valence-corrected chi connectivity index (χ4v) is 7.15. The van der Waals surface area contributed by atoms with Crippen molar-refractivity contribution in [2.75, 3.05) is 14.2 Å². The van der Waals surface area contributed by atoms with Crippen LogP contribution in [0.5, 0.6) is 0 Å². The predicted octanol–water partition coefficient (Wildman–Crippen LogP) is 9.99. The van der Waals surface area contributed by atoms with Crippen LogP contribution in [-0.2, 0) is 9.59 Å². The van der Waals surface area contributed by atoms with Crippen molar-refractivity contribution < 1.29 is 24.9 Å². The molecule has 0 aromatic rings. The van der Waals surface area contributed by atoms with Crippen molar-refractivity contribution in [1.82, 2.24) is 0 Å². The second kappa shape index (κ2) is 33.3. The highest BCUT2D eigenvalue weighted by atomic mass is 32.1. The van der Waals surface area contributed by atoms with E-state index in [9.17, 15) is 14.7 Å². The number of hydrogen-bond donors (Lipinski definition) is 5. The highest BCUT2D eigenvalue weighted by Gasteiger charge is 2.44. The average molecular weight is 651 g/mol. The van der Waals surface area contributed by atoms with Crippen LogP contribution < -0.4 is 0 Å². The summed E-state index contributed by atoms with van der Waals surface area (Å²) in [5.74, 6) is 0.956. The van der Waals surface area contributed by atoms with Gasteiger partial charge in [-0.3, -0.25) is 9.59 Å². The van der Waals surface area contributed by atoms with E-state index in [4.69, 9.17) is 10.2 Å². The number of aliphatic hydroxyl groups is 3. The fourth-order valence-electron chi connectivity index (χ4n) is 6.71. The predicted molar refractivity (Wildman–Crippen MR) is 193 cm³/mol. The molecule has 0 fully saturated rings. The molecule has 0 aromatic carbocycles. The second-order valence-electron chi connectivity index (χ2n) is 12.5. The first-order chi connectivity index (χ1) is 20.7.